The molecule has 1 rings (SSSR count). The maximum absolute atomic E-state index is 12.4. The van der Waals surface area contributed by atoms with Gasteiger partial charge in [-0.2, -0.15) is 0 Å². The average Bonchev–Trinajstić information content (AvgIpc) is 2.89. The van der Waals surface area contributed by atoms with Gasteiger partial charge < -0.3 is 21.8 Å². The molecule has 0 saturated carbocycles. The molecule has 0 spiro atoms. The second kappa shape index (κ2) is 9.43. The van der Waals surface area contributed by atoms with Crippen LogP contribution in [0.4, 0.5) is 0 Å². The van der Waals surface area contributed by atoms with E-state index in [0.717, 1.165) is 17.5 Å². The topological polar surface area (TPSA) is 147 Å². The van der Waals surface area contributed by atoms with Gasteiger partial charge in [0.1, 0.15) is 5.78 Å². The van der Waals surface area contributed by atoms with Gasteiger partial charge in [0.05, 0.1) is 12.4 Å². The molecule has 6 N–H and O–H groups in total. The summed E-state index contributed by atoms with van der Waals surface area (Å²) in [5, 5.41) is -0.187. The second-order valence-electron chi connectivity index (χ2n) is 5.32. The summed E-state index contributed by atoms with van der Waals surface area (Å²) in [5.41, 5.74) is 16.8. The number of imidazole rings is 1. The van der Waals surface area contributed by atoms with Gasteiger partial charge >= 0.3 is 0 Å². The highest BCUT2D eigenvalue weighted by molar-refractivity contribution is 8.13. The number of carbonyl (C=O) groups excluding carboxylic acids is 3. The molecule has 0 fully saturated rings. The third kappa shape index (κ3) is 6.51. The summed E-state index contributed by atoms with van der Waals surface area (Å²) >= 11 is 0.931. The van der Waals surface area contributed by atoms with E-state index in [-0.39, 0.29) is 36.0 Å². The first-order valence-electron chi connectivity index (χ1n) is 7.23. The Morgan fingerprint density at radius 1 is 1.39 bits per heavy atom. The van der Waals surface area contributed by atoms with Crippen LogP contribution in [0.25, 0.3) is 0 Å². The lowest BCUT2D eigenvalue weighted by molar-refractivity contribution is -0.123. The van der Waals surface area contributed by atoms with E-state index in [1.807, 2.05) is 7.05 Å². The number of thioether (sulfide) groups is 1. The van der Waals surface area contributed by atoms with Crippen LogP contribution < -0.4 is 17.2 Å². The molecule has 1 aromatic rings. The van der Waals surface area contributed by atoms with Gasteiger partial charge in [-0.15, -0.1) is 0 Å². The van der Waals surface area contributed by atoms with Gasteiger partial charge in [0.25, 0.3) is 0 Å². The predicted molar refractivity (Wildman–Crippen MR) is 88.3 cm³/mol. The Morgan fingerprint density at radius 3 is 2.61 bits per heavy atom. The molecule has 2 atom stereocenters. The Bertz CT molecular complexity index is 560. The van der Waals surface area contributed by atoms with Crippen molar-refractivity contribution < 1.29 is 14.4 Å². The van der Waals surface area contributed by atoms with Crippen molar-refractivity contribution in [2.75, 3.05) is 12.3 Å². The number of carbonyl (C=O) groups is 3. The van der Waals surface area contributed by atoms with Crippen LogP contribution in [0.3, 0.4) is 0 Å². The van der Waals surface area contributed by atoms with E-state index in [4.69, 9.17) is 17.2 Å². The van der Waals surface area contributed by atoms with Crippen LogP contribution in [0.2, 0.25) is 0 Å². The van der Waals surface area contributed by atoms with E-state index in [9.17, 15) is 14.4 Å². The number of aryl methyl sites for hydroxylation is 1. The minimum absolute atomic E-state index is 0.0622. The van der Waals surface area contributed by atoms with Crippen molar-refractivity contribution in [2.45, 2.75) is 25.3 Å². The molecule has 1 heterocycles. The summed E-state index contributed by atoms with van der Waals surface area (Å²) in [6, 6.07) is -0.888. The fourth-order valence-electron chi connectivity index (χ4n) is 1.98. The number of rotatable bonds is 10. The molecule has 0 saturated heterocycles. The van der Waals surface area contributed by atoms with E-state index >= 15 is 0 Å². The first kappa shape index (κ1) is 19.3. The number of hydrogen-bond donors (Lipinski definition) is 3. The lowest BCUT2D eigenvalue weighted by atomic mass is 9.97. The largest absolute Gasteiger partial charge is 0.368 e. The number of hydrogen-bond acceptors (Lipinski definition) is 7. The van der Waals surface area contributed by atoms with Crippen molar-refractivity contribution >= 4 is 28.6 Å². The van der Waals surface area contributed by atoms with Crippen LogP contribution in [0.1, 0.15) is 18.5 Å². The van der Waals surface area contributed by atoms with Gasteiger partial charge in [0.2, 0.25) is 5.91 Å². The molecular weight excluding hydrogens is 318 g/mol. The highest BCUT2D eigenvalue weighted by Crippen LogP contribution is 2.21. The molecule has 0 aliphatic rings. The molecule has 1 aromatic heterocycles. The van der Waals surface area contributed by atoms with Crippen molar-refractivity contribution in [2.24, 2.45) is 30.2 Å². The number of nitrogens with two attached hydrogens (primary N) is 3. The van der Waals surface area contributed by atoms with Gasteiger partial charge in [0, 0.05) is 49.9 Å². The number of ketones is 1. The summed E-state index contributed by atoms with van der Waals surface area (Å²) in [6.07, 6.45) is 4.04. The molecule has 1 unspecified atom stereocenters. The molecule has 8 nitrogen and oxygen atoms in total. The van der Waals surface area contributed by atoms with E-state index < -0.39 is 17.9 Å². The Balaban J connectivity index is 2.73. The fourth-order valence-corrected chi connectivity index (χ4v) is 2.89. The highest BCUT2D eigenvalue weighted by Gasteiger charge is 2.24. The molecular formula is C14H23N5O3S. The third-order valence-electron chi connectivity index (χ3n) is 3.37. The minimum Gasteiger partial charge on any atom is -0.368 e. The first-order valence-corrected chi connectivity index (χ1v) is 8.22. The quantitative estimate of drug-likeness (QED) is 0.492. The highest BCUT2D eigenvalue weighted by atomic mass is 32.2. The van der Waals surface area contributed by atoms with Gasteiger partial charge in [-0.3, -0.25) is 14.4 Å². The number of nitrogens with zero attached hydrogens (tertiary/aromatic N) is 2. The minimum atomic E-state index is -0.888. The van der Waals surface area contributed by atoms with Crippen LogP contribution in [0, 0.1) is 5.92 Å². The second-order valence-corrected chi connectivity index (χ2v) is 6.34. The Morgan fingerprint density at radius 2 is 2.09 bits per heavy atom. The van der Waals surface area contributed by atoms with Gasteiger partial charge in [-0.1, -0.05) is 11.8 Å². The van der Waals surface area contributed by atoms with Crippen molar-refractivity contribution in [1.82, 2.24) is 9.55 Å². The molecule has 0 aromatic carbocycles. The number of primary amides is 1. The molecule has 9 heteroatoms. The number of amides is 1. The van der Waals surface area contributed by atoms with E-state index in [1.165, 1.54) is 0 Å². The van der Waals surface area contributed by atoms with Crippen LogP contribution in [-0.4, -0.2) is 44.7 Å². The van der Waals surface area contributed by atoms with Crippen molar-refractivity contribution in [1.29, 1.82) is 0 Å². The fraction of sp³-hybridized carbons (Fsp3) is 0.571. The van der Waals surface area contributed by atoms with Gasteiger partial charge in [-0.05, 0) is 6.54 Å². The summed E-state index contributed by atoms with van der Waals surface area (Å²) in [5.74, 6) is -1.13. The monoisotopic (exact) mass is 341 g/mol. The van der Waals surface area contributed by atoms with E-state index in [2.05, 4.69) is 4.98 Å². The maximum Gasteiger partial charge on any atom is 0.235 e. The van der Waals surface area contributed by atoms with Crippen molar-refractivity contribution in [3.8, 4) is 0 Å². The molecule has 0 bridgehead atoms. The van der Waals surface area contributed by atoms with Gasteiger partial charge in [-0.25, -0.2) is 4.98 Å². The Hall–Kier alpha value is -1.71. The van der Waals surface area contributed by atoms with Crippen LogP contribution in [-0.2, 0) is 27.9 Å². The number of aromatic nitrogens is 2. The molecule has 0 aliphatic carbocycles. The maximum atomic E-state index is 12.4. The zero-order chi connectivity index (χ0) is 17.4. The zero-order valence-corrected chi connectivity index (χ0v) is 13.9. The standard InChI is InChI=1S/C14H23N5O3S/c1-19-8-18-6-10(19)4-9(5-11(20)2-3-15)14(22)23-7-12(16)13(17)21/h6,8-9,12H,2-5,7,15-16H2,1H3,(H2,17,21)/t9-,12?/m1/s1. The summed E-state index contributed by atoms with van der Waals surface area (Å²) in [7, 11) is 1.82. The predicted octanol–water partition coefficient (Wildman–Crippen LogP) is -1.04. The Labute approximate surface area is 139 Å². The molecule has 0 aliphatic heterocycles. The third-order valence-corrected chi connectivity index (χ3v) is 4.52. The average molecular weight is 341 g/mol. The summed E-state index contributed by atoms with van der Waals surface area (Å²) < 4.78 is 1.80. The van der Waals surface area contributed by atoms with Gasteiger partial charge in [0.15, 0.2) is 5.12 Å². The molecule has 23 heavy (non-hydrogen) atoms. The lowest BCUT2D eigenvalue weighted by Gasteiger charge is -2.16. The van der Waals surface area contributed by atoms with Crippen molar-refractivity contribution in [3.05, 3.63) is 18.2 Å². The lowest BCUT2D eigenvalue weighted by Crippen LogP contribution is -2.39. The summed E-state index contributed by atoms with van der Waals surface area (Å²) in [6.45, 7) is 0.255. The molecule has 128 valence electrons. The zero-order valence-electron chi connectivity index (χ0n) is 13.1. The van der Waals surface area contributed by atoms with Crippen LogP contribution in [0.15, 0.2) is 12.5 Å². The number of Topliss-reactive ketones (excluding diaryl/α,β-unsaturated/α-hetero) is 1. The molecule has 1 amide bonds. The SMILES string of the molecule is Cn1cncc1C[C@H](CC(=O)CCN)C(=O)SCC(N)C(N)=O. The Kier molecular flexibility index (Phi) is 7.93. The van der Waals surface area contributed by atoms with Crippen LogP contribution in [0.5, 0.6) is 0 Å². The summed E-state index contributed by atoms with van der Waals surface area (Å²) in [4.78, 5) is 39.2. The normalized spacial score (nSPS) is 13.5. The van der Waals surface area contributed by atoms with Crippen molar-refractivity contribution in [3.63, 3.8) is 0 Å². The molecule has 0 radical (unpaired) electrons. The smallest absolute Gasteiger partial charge is 0.235 e. The first-order chi connectivity index (χ1) is 10.8. The van der Waals surface area contributed by atoms with Crippen LogP contribution >= 0.6 is 11.8 Å². The van der Waals surface area contributed by atoms with E-state index in [0.29, 0.717) is 6.42 Å². The van der Waals surface area contributed by atoms with E-state index in [1.54, 1.807) is 17.1 Å².